The molecule has 0 radical (unpaired) electrons. The molecule has 0 unspecified atom stereocenters. The normalized spacial score (nSPS) is 13.6. The van der Waals surface area contributed by atoms with Gasteiger partial charge in [0.15, 0.2) is 0 Å². The molecular formula is C10H12N2O3. The number of amides is 1. The molecule has 1 aromatic rings. The van der Waals surface area contributed by atoms with Gasteiger partial charge in [0.2, 0.25) is 5.91 Å². The molecule has 0 atom stereocenters. The van der Waals surface area contributed by atoms with Crippen LogP contribution in [0.25, 0.3) is 0 Å². The van der Waals surface area contributed by atoms with Crippen molar-refractivity contribution in [2.24, 2.45) is 11.7 Å². The van der Waals surface area contributed by atoms with Gasteiger partial charge in [-0.25, -0.2) is 4.79 Å². The first-order valence-corrected chi connectivity index (χ1v) is 4.54. The predicted octanol–water partition coefficient (Wildman–Crippen LogP) is 0.661. The van der Waals surface area contributed by atoms with Gasteiger partial charge in [0, 0.05) is 18.3 Å². The Hall–Kier alpha value is -1.91. The lowest BCUT2D eigenvalue weighted by Crippen LogP contribution is -2.11. The van der Waals surface area contributed by atoms with Gasteiger partial charge in [0.1, 0.15) is 0 Å². The summed E-state index contributed by atoms with van der Waals surface area (Å²) in [5, 5.41) is 8.34. The van der Waals surface area contributed by atoms with Crippen molar-refractivity contribution in [1.29, 1.82) is 0 Å². The van der Waals surface area contributed by atoms with Gasteiger partial charge in [-0.3, -0.25) is 9.78 Å². The van der Waals surface area contributed by atoms with Crippen LogP contribution >= 0.6 is 0 Å². The molecule has 0 spiro atoms. The number of carboxylic acids is 1. The summed E-state index contributed by atoms with van der Waals surface area (Å²) in [5.41, 5.74) is 5.08. The van der Waals surface area contributed by atoms with Gasteiger partial charge >= 0.3 is 5.97 Å². The van der Waals surface area contributed by atoms with Gasteiger partial charge < -0.3 is 10.8 Å². The highest BCUT2D eigenvalue weighted by molar-refractivity contribution is 5.86. The third-order valence-electron chi connectivity index (χ3n) is 1.89. The van der Waals surface area contributed by atoms with Crippen molar-refractivity contribution in [2.45, 2.75) is 12.8 Å². The molecule has 0 bridgehead atoms. The quantitative estimate of drug-likeness (QED) is 0.746. The zero-order valence-corrected chi connectivity index (χ0v) is 8.09. The van der Waals surface area contributed by atoms with E-state index < -0.39 is 5.97 Å². The summed E-state index contributed by atoms with van der Waals surface area (Å²) in [6.07, 6.45) is 4.89. The second-order valence-electron chi connectivity index (χ2n) is 3.22. The molecule has 1 amide bonds. The highest BCUT2D eigenvalue weighted by Crippen LogP contribution is 2.27. The third kappa shape index (κ3) is 4.21. The van der Waals surface area contributed by atoms with Crippen LogP contribution in [0, 0.1) is 5.92 Å². The van der Waals surface area contributed by atoms with Crippen LogP contribution in [-0.2, 0) is 4.79 Å². The Morgan fingerprint density at radius 1 is 1.47 bits per heavy atom. The van der Waals surface area contributed by atoms with Gasteiger partial charge in [-0.05, 0) is 25.0 Å². The maximum absolute atomic E-state index is 10.2. The number of carbonyl (C=O) groups is 2. The summed E-state index contributed by atoms with van der Waals surface area (Å²) in [4.78, 5) is 23.8. The van der Waals surface area contributed by atoms with Crippen molar-refractivity contribution in [3.63, 3.8) is 0 Å². The molecular weight excluding hydrogens is 196 g/mol. The van der Waals surface area contributed by atoms with E-state index in [0.29, 0.717) is 0 Å². The van der Waals surface area contributed by atoms with Crippen LogP contribution in [-0.4, -0.2) is 22.0 Å². The van der Waals surface area contributed by atoms with Crippen LogP contribution in [0.5, 0.6) is 0 Å². The van der Waals surface area contributed by atoms with Crippen molar-refractivity contribution in [1.82, 2.24) is 4.98 Å². The average Bonchev–Trinajstić information content (AvgIpc) is 3.03. The molecule has 1 heterocycles. The van der Waals surface area contributed by atoms with E-state index >= 15 is 0 Å². The maximum Gasteiger partial charge on any atom is 0.337 e. The van der Waals surface area contributed by atoms with Gasteiger partial charge in [-0.1, -0.05) is 0 Å². The van der Waals surface area contributed by atoms with Crippen LogP contribution in [0.4, 0.5) is 0 Å². The average molecular weight is 208 g/mol. The summed E-state index contributed by atoms with van der Waals surface area (Å²) >= 11 is 0. The van der Waals surface area contributed by atoms with Gasteiger partial charge in [-0.15, -0.1) is 0 Å². The molecule has 1 aliphatic rings. The Morgan fingerprint density at radius 2 is 2.13 bits per heavy atom. The standard InChI is InChI=1S/C6H5NO2.C4H7NO/c8-6(9)5-2-1-3-7-4-5;5-4(6)3-1-2-3/h1-4H,(H,8,9);3H,1-2H2,(H2,5,6). The van der Waals surface area contributed by atoms with Crippen LogP contribution in [0.2, 0.25) is 0 Å². The van der Waals surface area contributed by atoms with Gasteiger partial charge in [-0.2, -0.15) is 0 Å². The van der Waals surface area contributed by atoms with Gasteiger partial charge in [0.05, 0.1) is 5.56 Å². The van der Waals surface area contributed by atoms with E-state index in [0.717, 1.165) is 12.8 Å². The number of carbonyl (C=O) groups excluding carboxylic acids is 1. The smallest absolute Gasteiger partial charge is 0.337 e. The monoisotopic (exact) mass is 208 g/mol. The highest BCUT2D eigenvalue weighted by atomic mass is 16.4. The Kier molecular flexibility index (Phi) is 3.79. The van der Waals surface area contributed by atoms with E-state index in [4.69, 9.17) is 10.8 Å². The van der Waals surface area contributed by atoms with E-state index in [-0.39, 0.29) is 17.4 Å². The second-order valence-corrected chi connectivity index (χ2v) is 3.22. The zero-order chi connectivity index (χ0) is 11.3. The lowest BCUT2D eigenvalue weighted by atomic mass is 10.3. The topological polar surface area (TPSA) is 93.3 Å². The van der Waals surface area contributed by atoms with Gasteiger partial charge in [0.25, 0.3) is 0 Å². The second kappa shape index (κ2) is 5.09. The SMILES string of the molecule is NC(=O)C1CC1.O=C(O)c1cccnc1. The Labute approximate surface area is 86.9 Å². The van der Waals surface area contributed by atoms with Crippen LogP contribution < -0.4 is 5.73 Å². The highest BCUT2D eigenvalue weighted by Gasteiger charge is 2.26. The molecule has 1 saturated carbocycles. The molecule has 80 valence electrons. The van der Waals surface area contributed by atoms with Crippen molar-refractivity contribution in [3.05, 3.63) is 30.1 Å². The fourth-order valence-corrected chi connectivity index (χ4v) is 0.857. The van der Waals surface area contributed by atoms with Crippen LogP contribution in [0.15, 0.2) is 24.5 Å². The first kappa shape index (κ1) is 11.2. The summed E-state index contributed by atoms with van der Waals surface area (Å²) in [7, 11) is 0. The van der Waals surface area contributed by atoms with E-state index in [9.17, 15) is 9.59 Å². The number of hydrogen-bond donors (Lipinski definition) is 2. The number of nitrogens with two attached hydrogens (primary N) is 1. The van der Waals surface area contributed by atoms with E-state index in [1.54, 1.807) is 6.07 Å². The molecule has 5 nitrogen and oxygen atoms in total. The lowest BCUT2D eigenvalue weighted by molar-refractivity contribution is -0.119. The molecule has 3 N–H and O–H groups in total. The van der Waals surface area contributed by atoms with Crippen molar-refractivity contribution in [2.75, 3.05) is 0 Å². The van der Waals surface area contributed by atoms with Crippen molar-refractivity contribution < 1.29 is 14.7 Å². The molecule has 0 saturated heterocycles. The van der Waals surface area contributed by atoms with Crippen molar-refractivity contribution in [3.8, 4) is 0 Å². The molecule has 0 aliphatic heterocycles. The summed E-state index contributed by atoms with van der Waals surface area (Å²) in [6, 6.07) is 3.08. The summed E-state index contributed by atoms with van der Waals surface area (Å²) in [6.45, 7) is 0. The molecule has 1 aliphatic carbocycles. The van der Waals surface area contributed by atoms with Crippen LogP contribution in [0.3, 0.4) is 0 Å². The number of carboxylic acid groups (broad SMARTS) is 1. The molecule has 5 heteroatoms. The summed E-state index contributed by atoms with van der Waals surface area (Å²) < 4.78 is 0. The fraction of sp³-hybridized carbons (Fsp3) is 0.300. The predicted molar refractivity (Wildman–Crippen MR) is 53.1 cm³/mol. The third-order valence-corrected chi connectivity index (χ3v) is 1.89. The number of rotatable bonds is 2. The molecule has 1 aromatic heterocycles. The molecule has 0 aromatic carbocycles. The molecule has 2 rings (SSSR count). The Morgan fingerprint density at radius 3 is 2.33 bits per heavy atom. The number of nitrogens with zero attached hydrogens (tertiary/aromatic N) is 1. The number of pyridine rings is 1. The first-order chi connectivity index (χ1) is 7.11. The number of primary amides is 1. The Bertz CT molecular complexity index is 347. The minimum atomic E-state index is -0.942. The number of aromatic carboxylic acids is 1. The minimum Gasteiger partial charge on any atom is -0.478 e. The lowest BCUT2D eigenvalue weighted by Gasteiger charge is -1.87. The van der Waals surface area contributed by atoms with Crippen molar-refractivity contribution >= 4 is 11.9 Å². The maximum atomic E-state index is 10.2. The summed E-state index contributed by atoms with van der Waals surface area (Å²) in [5.74, 6) is -0.830. The Balaban J connectivity index is 0.000000162. The molecule has 1 fully saturated rings. The fourth-order valence-electron chi connectivity index (χ4n) is 0.857. The number of hydrogen-bond acceptors (Lipinski definition) is 3. The van der Waals surface area contributed by atoms with E-state index in [1.807, 2.05) is 0 Å². The zero-order valence-electron chi connectivity index (χ0n) is 8.09. The number of aromatic nitrogens is 1. The van der Waals surface area contributed by atoms with E-state index in [1.165, 1.54) is 18.5 Å². The van der Waals surface area contributed by atoms with Crippen LogP contribution in [0.1, 0.15) is 23.2 Å². The largest absolute Gasteiger partial charge is 0.478 e. The molecule has 15 heavy (non-hydrogen) atoms. The minimum absolute atomic E-state index is 0.130. The van der Waals surface area contributed by atoms with E-state index in [2.05, 4.69) is 4.98 Å². The first-order valence-electron chi connectivity index (χ1n) is 4.54.